The molecule has 2 heterocycles. The van der Waals surface area contributed by atoms with Crippen molar-refractivity contribution in [1.82, 2.24) is 4.57 Å². The van der Waals surface area contributed by atoms with Crippen molar-refractivity contribution >= 4 is 41.6 Å². The maximum absolute atomic E-state index is 10.3. The van der Waals surface area contributed by atoms with Gasteiger partial charge in [0.2, 0.25) is 0 Å². The molecule has 9 rings (SSSR count). The number of aromatic nitrogens is 1. The molecule has 5 heteroatoms. The van der Waals surface area contributed by atoms with Crippen LogP contribution in [0.4, 0.5) is 0 Å². The van der Waals surface area contributed by atoms with E-state index in [9.17, 15) is 15.8 Å². The molecule has 51 heavy (non-hydrogen) atoms. The second-order valence-electron chi connectivity index (χ2n) is 12.6. The number of nitriles is 3. The van der Waals surface area contributed by atoms with Gasteiger partial charge in [0.25, 0.3) is 0 Å². The molecule has 4 nitrogen and oxygen atoms in total. The molecule has 1 aromatic heterocycles. The molecule has 1 aliphatic rings. The van der Waals surface area contributed by atoms with Crippen LogP contribution in [0.15, 0.2) is 152 Å². The molecule has 0 saturated heterocycles. The normalized spacial score (nSPS) is 12.2. The van der Waals surface area contributed by atoms with E-state index in [4.69, 9.17) is 0 Å². The minimum atomic E-state index is -1.89. The van der Waals surface area contributed by atoms with Crippen molar-refractivity contribution in [2.75, 3.05) is 0 Å². The topological polar surface area (TPSA) is 76.3 Å². The van der Waals surface area contributed by atoms with Crippen LogP contribution in [0.1, 0.15) is 22.3 Å². The number of para-hydroxylation sites is 2. The van der Waals surface area contributed by atoms with Crippen molar-refractivity contribution in [1.29, 1.82) is 15.8 Å². The number of nitrogens with zero attached hydrogens (tertiary/aromatic N) is 4. The van der Waals surface area contributed by atoms with Gasteiger partial charge in [-0.25, -0.2) is 0 Å². The fourth-order valence-corrected chi connectivity index (χ4v) is 13.7. The van der Waals surface area contributed by atoms with Gasteiger partial charge < -0.3 is 0 Å². The van der Waals surface area contributed by atoms with E-state index in [2.05, 4.69) is 138 Å². The van der Waals surface area contributed by atoms with Crippen molar-refractivity contribution in [3.63, 3.8) is 0 Å². The molecule has 0 unspecified atom stereocenters. The van der Waals surface area contributed by atoms with Crippen molar-refractivity contribution in [2.45, 2.75) is 4.43 Å². The fraction of sp³-hybridized carbons (Fsp3) is 0.0217. The molecule has 7 aromatic carbocycles. The van der Waals surface area contributed by atoms with Crippen LogP contribution in [-0.2, 0) is 4.43 Å². The van der Waals surface area contributed by atoms with E-state index in [1.165, 1.54) is 23.5 Å². The second-order valence-corrected chi connectivity index (χ2v) is 17.7. The first-order chi connectivity index (χ1) is 25.1. The fourth-order valence-electron chi connectivity index (χ4n) is 7.38. The van der Waals surface area contributed by atoms with E-state index in [0.717, 1.165) is 54.5 Å². The number of hydrogen-bond donors (Lipinski definition) is 0. The monoisotopic (exact) mass is 762 g/mol. The number of alkyl halides is 1. The Morgan fingerprint density at radius 1 is 0.490 bits per heavy atom. The van der Waals surface area contributed by atoms with Gasteiger partial charge in [0, 0.05) is 10.8 Å². The van der Waals surface area contributed by atoms with E-state index in [1.807, 2.05) is 36.4 Å². The quantitative estimate of drug-likeness (QED) is 0.129. The third-order valence-electron chi connectivity index (χ3n) is 9.68. The summed E-state index contributed by atoms with van der Waals surface area (Å²) in [5, 5.41) is 31.9. The van der Waals surface area contributed by atoms with Crippen LogP contribution in [0.2, 0.25) is 0 Å². The Labute approximate surface area is 303 Å². The first kappa shape index (κ1) is 30.6. The van der Waals surface area contributed by atoms with Crippen molar-refractivity contribution in [2.24, 2.45) is 0 Å². The summed E-state index contributed by atoms with van der Waals surface area (Å²) in [6.45, 7) is 0. The molecular weight excluding hydrogens is 735 g/mol. The molecule has 0 atom stereocenters. The van der Waals surface area contributed by atoms with Crippen LogP contribution in [-0.4, -0.2) is 4.57 Å². The van der Waals surface area contributed by atoms with Gasteiger partial charge in [-0.3, -0.25) is 0 Å². The molecule has 0 N–H and O–H groups in total. The zero-order valence-corrected chi connectivity index (χ0v) is 29.5. The summed E-state index contributed by atoms with van der Waals surface area (Å²) in [6, 6.07) is 59.4. The summed E-state index contributed by atoms with van der Waals surface area (Å²) >= 11 is -1.89. The molecule has 0 bridgehead atoms. The van der Waals surface area contributed by atoms with E-state index in [0.29, 0.717) is 16.7 Å². The molecule has 8 aromatic rings. The van der Waals surface area contributed by atoms with Crippen LogP contribution >= 0.6 is 19.8 Å². The predicted octanol–water partition coefficient (Wildman–Crippen LogP) is 11.5. The van der Waals surface area contributed by atoms with Crippen LogP contribution in [0.3, 0.4) is 0 Å². The van der Waals surface area contributed by atoms with Gasteiger partial charge in [-0.05, 0) is 12.1 Å². The van der Waals surface area contributed by atoms with E-state index >= 15 is 0 Å². The van der Waals surface area contributed by atoms with Gasteiger partial charge in [0.15, 0.2) is 0 Å². The Morgan fingerprint density at radius 2 is 1.08 bits per heavy atom. The number of rotatable bonds is 5. The summed E-state index contributed by atoms with van der Waals surface area (Å²) in [6.07, 6.45) is 0. The van der Waals surface area contributed by atoms with Gasteiger partial charge in [0.1, 0.15) is 0 Å². The second kappa shape index (κ2) is 12.5. The first-order valence-corrected chi connectivity index (χ1v) is 20.3. The number of hydrogen-bond acceptors (Lipinski definition) is 3. The summed E-state index contributed by atoms with van der Waals surface area (Å²) < 4.78 is 5.91. The molecule has 0 amide bonds. The van der Waals surface area contributed by atoms with E-state index in [1.54, 1.807) is 0 Å². The average molecular weight is 763 g/mol. The van der Waals surface area contributed by atoms with Gasteiger partial charge in [-0.1, -0.05) is 36.4 Å². The van der Waals surface area contributed by atoms with Crippen LogP contribution in [0.25, 0.3) is 60.9 Å². The van der Waals surface area contributed by atoms with Gasteiger partial charge in [-0.2, -0.15) is 0 Å². The molecule has 1 aliphatic heterocycles. The van der Waals surface area contributed by atoms with Gasteiger partial charge in [-0.15, -0.1) is 0 Å². The molecule has 0 saturated carbocycles. The van der Waals surface area contributed by atoms with Crippen molar-refractivity contribution < 1.29 is 0 Å². The van der Waals surface area contributed by atoms with E-state index < -0.39 is 19.8 Å². The summed E-state index contributed by atoms with van der Waals surface area (Å²) in [5.41, 5.74) is 12.8. The van der Waals surface area contributed by atoms with Crippen LogP contribution in [0, 0.1) is 41.1 Å². The Kier molecular flexibility index (Phi) is 7.47. The van der Waals surface area contributed by atoms with E-state index in [-0.39, 0.29) is 0 Å². The summed E-state index contributed by atoms with van der Waals surface area (Å²) in [4.78, 5) is 0. The Balaban J connectivity index is 1.08. The predicted molar refractivity (Wildman–Crippen MR) is 213 cm³/mol. The molecule has 238 valence electrons. The third kappa shape index (κ3) is 5.09. The molecule has 0 fully saturated rings. The van der Waals surface area contributed by atoms with Crippen molar-refractivity contribution in [3.8, 4) is 57.3 Å². The number of fused-ring (bicyclic) bond motifs is 6. The van der Waals surface area contributed by atoms with Gasteiger partial charge >= 0.3 is 245 Å². The Morgan fingerprint density at radius 3 is 1.69 bits per heavy atom. The van der Waals surface area contributed by atoms with Crippen LogP contribution < -0.4 is 0 Å². The average Bonchev–Trinajstić information content (AvgIpc) is 3.69. The standard InChI is InChI=1S/C46H27IN4/c48-27-31-15-21-41-39(24-31)40-25-32(28-49)16-22-42(40)47(41)26-30-7-5-8-35(23-30)33-17-19-34(20-18-33)46-36(29-50)9-6-14-45(46)51-43-12-3-1-10-37(43)38-11-2-4-13-44(38)51/h1-25H,26H2. The molecule has 0 radical (unpaired) electrons. The SMILES string of the molecule is N#Cc1ccc2c(c1)-c1cc(C#N)ccc1I2Cc1cccc(-c2ccc(-c3c(C#N)cccc3-n3c4ccccc4c4ccccc43)cc2)c1. The zero-order chi connectivity index (χ0) is 34.5. The van der Waals surface area contributed by atoms with Crippen LogP contribution in [0.5, 0.6) is 0 Å². The number of benzene rings is 7. The number of halogens is 1. The summed E-state index contributed by atoms with van der Waals surface area (Å²) in [7, 11) is 0. The third-order valence-corrected chi connectivity index (χ3v) is 16.0. The Hall–Kier alpha value is -6.46. The maximum atomic E-state index is 10.3. The molecular formula is C46H27IN4. The van der Waals surface area contributed by atoms with Gasteiger partial charge in [0.05, 0.1) is 0 Å². The molecule has 0 spiro atoms. The molecule has 0 aliphatic carbocycles. The Bertz CT molecular complexity index is 2710. The first-order valence-electron chi connectivity index (χ1n) is 16.6. The zero-order valence-electron chi connectivity index (χ0n) is 27.3. The minimum absolute atomic E-state index is 0.635. The van der Waals surface area contributed by atoms with Crippen molar-refractivity contribution in [3.05, 3.63) is 181 Å². The summed E-state index contributed by atoms with van der Waals surface area (Å²) in [5.74, 6) is 0.